The molecule has 1 aromatic heterocycles. The van der Waals surface area contributed by atoms with Crippen molar-refractivity contribution >= 4 is 23.1 Å². The van der Waals surface area contributed by atoms with Crippen molar-refractivity contribution in [3.05, 3.63) is 47.1 Å². The summed E-state index contributed by atoms with van der Waals surface area (Å²) in [5.41, 5.74) is -0.803. The molecule has 0 fully saturated rings. The minimum Gasteiger partial charge on any atom is -0.340 e. The number of nitrogens with one attached hydrogen (secondary N) is 1. The van der Waals surface area contributed by atoms with E-state index in [1.807, 2.05) is 13.8 Å². The van der Waals surface area contributed by atoms with Crippen LogP contribution in [0.5, 0.6) is 0 Å². The van der Waals surface area contributed by atoms with Crippen LogP contribution in [0.4, 0.5) is 29.1 Å². The summed E-state index contributed by atoms with van der Waals surface area (Å²) in [6, 6.07) is 4.79. The first-order valence-corrected chi connectivity index (χ1v) is 6.36. The first-order valence-electron chi connectivity index (χ1n) is 5.98. The van der Waals surface area contributed by atoms with Crippen molar-refractivity contribution in [2.45, 2.75) is 20.0 Å². The Morgan fingerprint density at radius 2 is 1.67 bits per heavy atom. The van der Waals surface area contributed by atoms with Gasteiger partial charge >= 0.3 is 6.18 Å². The lowest BCUT2D eigenvalue weighted by atomic mass is 10.2. The number of aromatic nitrogens is 2. The summed E-state index contributed by atoms with van der Waals surface area (Å²) in [7, 11) is 0. The maximum atomic E-state index is 12.7. The van der Waals surface area contributed by atoms with Crippen molar-refractivity contribution < 1.29 is 17.6 Å². The predicted molar refractivity (Wildman–Crippen MR) is 73.1 cm³/mol. The number of anilines is 2. The van der Waals surface area contributed by atoms with E-state index in [-0.39, 0.29) is 11.0 Å². The predicted octanol–water partition coefficient (Wildman–Crippen LogP) is 5.06. The van der Waals surface area contributed by atoms with Crippen molar-refractivity contribution in [3.63, 3.8) is 0 Å². The van der Waals surface area contributed by atoms with Gasteiger partial charge in [0.1, 0.15) is 17.2 Å². The molecule has 1 N–H and O–H groups in total. The molecule has 0 aliphatic heterocycles. The van der Waals surface area contributed by atoms with E-state index in [2.05, 4.69) is 15.3 Å². The third kappa shape index (κ3) is 4.86. The number of alkyl halides is 3. The van der Waals surface area contributed by atoms with E-state index in [9.17, 15) is 17.6 Å². The Balaban J connectivity index is 0.00000106. The molecule has 21 heavy (non-hydrogen) atoms. The van der Waals surface area contributed by atoms with E-state index >= 15 is 0 Å². The van der Waals surface area contributed by atoms with Gasteiger partial charge in [-0.3, -0.25) is 0 Å². The zero-order valence-corrected chi connectivity index (χ0v) is 11.9. The zero-order chi connectivity index (χ0) is 16.0. The second kappa shape index (κ2) is 7.21. The summed E-state index contributed by atoms with van der Waals surface area (Å²) >= 11 is 5.47. The monoisotopic (exact) mass is 321 g/mol. The Bertz CT molecular complexity index is 585. The van der Waals surface area contributed by atoms with Crippen LogP contribution in [0.2, 0.25) is 5.28 Å². The van der Waals surface area contributed by atoms with Crippen LogP contribution in [-0.2, 0) is 6.18 Å². The Kier molecular flexibility index (Phi) is 5.90. The van der Waals surface area contributed by atoms with Gasteiger partial charge in [-0.2, -0.15) is 18.2 Å². The van der Waals surface area contributed by atoms with Gasteiger partial charge in [-0.15, -0.1) is 0 Å². The second-order valence-corrected chi connectivity index (χ2v) is 3.87. The molecule has 0 amide bonds. The van der Waals surface area contributed by atoms with E-state index < -0.39 is 23.4 Å². The van der Waals surface area contributed by atoms with Crippen LogP contribution in [0.1, 0.15) is 19.4 Å². The van der Waals surface area contributed by atoms with E-state index in [1.54, 1.807) is 0 Å². The zero-order valence-electron chi connectivity index (χ0n) is 11.2. The first kappa shape index (κ1) is 17.2. The van der Waals surface area contributed by atoms with Crippen molar-refractivity contribution in [1.29, 1.82) is 0 Å². The lowest BCUT2D eigenvalue weighted by Crippen LogP contribution is -2.11. The number of benzene rings is 1. The number of halogens is 5. The van der Waals surface area contributed by atoms with E-state index in [1.165, 1.54) is 12.1 Å². The van der Waals surface area contributed by atoms with Crippen LogP contribution >= 0.6 is 11.6 Å². The Hall–Kier alpha value is -1.89. The minimum atomic E-state index is -4.62. The number of rotatable bonds is 2. The van der Waals surface area contributed by atoms with Gasteiger partial charge in [0.2, 0.25) is 5.28 Å². The molecule has 0 aliphatic carbocycles. The molecule has 0 radical (unpaired) electrons. The van der Waals surface area contributed by atoms with Gasteiger partial charge in [-0.25, -0.2) is 9.37 Å². The molecule has 0 unspecified atom stereocenters. The maximum Gasteiger partial charge on any atom is 0.421 e. The third-order valence-electron chi connectivity index (χ3n) is 2.17. The smallest absolute Gasteiger partial charge is 0.340 e. The molecule has 0 aliphatic rings. The number of hydrogen-bond donors (Lipinski definition) is 1. The summed E-state index contributed by atoms with van der Waals surface area (Å²) in [6.45, 7) is 4.00. The van der Waals surface area contributed by atoms with Gasteiger partial charge in [0.25, 0.3) is 0 Å². The molecule has 114 valence electrons. The second-order valence-electron chi connectivity index (χ2n) is 3.53. The van der Waals surface area contributed by atoms with Crippen molar-refractivity contribution in [2.24, 2.45) is 0 Å². The van der Waals surface area contributed by atoms with Crippen LogP contribution in [0.25, 0.3) is 0 Å². The minimum absolute atomic E-state index is 0.252. The molecule has 2 rings (SSSR count). The van der Waals surface area contributed by atoms with Crippen LogP contribution < -0.4 is 5.32 Å². The van der Waals surface area contributed by atoms with Crippen molar-refractivity contribution in [1.82, 2.24) is 9.97 Å². The molecule has 8 heteroatoms. The molecule has 0 bridgehead atoms. The van der Waals surface area contributed by atoms with E-state index in [4.69, 9.17) is 11.6 Å². The highest BCUT2D eigenvalue weighted by molar-refractivity contribution is 6.28. The molecule has 1 aromatic carbocycles. The maximum absolute atomic E-state index is 12.7. The molecule has 2 aromatic rings. The molecule has 1 heterocycles. The highest BCUT2D eigenvalue weighted by atomic mass is 35.5. The average molecular weight is 322 g/mol. The Morgan fingerprint density at radius 1 is 1.10 bits per heavy atom. The van der Waals surface area contributed by atoms with Gasteiger partial charge in [-0.1, -0.05) is 13.8 Å². The standard InChI is InChI=1S/C11H6ClF4N3.C2H6/c12-10-17-5-8(11(14,15)16)9(19-10)18-7-3-1-6(13)2-4-7;1-2/h1-5H,(H,17,18,19);1-2H3. The average Bonchev–Trinajstić information content (AvgIpc) is 2.42. The van der Waals surface area contributed by atoms with Crippen LogP contribution in [0, 0.1) is 5.82 Å². The normalized spacial score (nSPS) is 10.6. The SMILES string of the molecule is CC.Fc1ccc(Nc2nc(Cl)ncc2C(F)(F)F)cc1. The van der Waals surface area contributed by atoms with Gasteiger partial charge < -0.3 is 5.32 Å². The fourth-order valence-electron chi connectivity index (χ4n) is 1.33. The van der Waals surface area contributed by atoms with E-state index in [0.29, 0.717) is 6.20 Å². The van der Waals surface area contributed by atoms with E-state index in [0.717, 1.165) is 12.1 Å². The summed E-state index contributed by atoms with van der Waals surface area (Å²) < 4.78 is 50.9. The molecule has 0 spiro atoms. The topological polar surface area (TPSA) is 37.8 Å². The molecular weight excluding hydrogens is 310 g/mol. The molecule has 0 saturated carbocycles. The molecule has 0 saturated heterocycles. The Morgan fingerprint density at radius 3 is 2.19 bits per heavy atom. The van der Waals surface area contributed by atoms with Crippen molar-refractivity contribution in [2.75, 3.05) is 5.32 Å². The van der Waals surface area contributed by atoms with Gasteiger partial charge in [0, 0.05) is 11.9 Å². The summed E-state index contributed by atoms with van der Waals surface area (Å²) in [5.74, 6) is -0.985. The molecular formula is C13H12ClF4N3. The van der Waals surface area contributed by atoms with Crippen LogP contribution in [0.15, 0.2) is 30.5 Å². The largest absolute Gasteiger partial charge is 0.421 e. The van der Waals surface area contributed by atoms with Gasteiger partial charge in [-0.05, 0) is 35.9 Å². The number of nitrogens with zero attached hydrogens (tertiary/aromatic N) is 2. The third-order valence-corrected chi connectivity index (χ3v) is 2.35. The first-order chi connectivity index (χ1) is 9.86. The van der Waals surface area contributed by atoms with Crippen molar-refractivity contribution in [3.8, 4) is 0 Å². The quantitative estimate of drug-likeness (QED) is 0.620. The lowest BCUT2D eigenvalue weighted by Gasteiger charge is -2.13. The molecule has 3 nitrogen and oxygen atoms in total. The highest BCUT2D eigenvalue weighted by Crippen LogP contribution is 2.34. The summed E-state index contributed by atoms with van der Waals surface area (Å²) in [4.78, 5) is 6.78. The number of hydrogen-bond acceptors (Lipinski definition) is 3. The molecule has 0 atom stereocenters. The van der Waals surface area contributed by atoms with Gasteiger partial charge in [0.15, 0.2) is 0 Å². The van der Waals surface area contributed by atoms with Crippen LogP contribution in [-0.4, -0.2) is 9.97 Å². The fraction of sp³-hybridized carbons (Fsp3) is 0.231. The highest BCUT2D eigenvalue weighted by Gasteiger charge is 2.35. The van der Waals surface area contributed by atoms with Crippen LogP contribution in [0.3, 0.4) is 0 Å². The van der Waals surface area contributed by atoms with Gasteiger partial charge in [0.05, 0.1) is 0 Å². The summed E-state index contributed by atoms with van der Waals surface area (Å²) in [6.07, 6.45) is -4.03. The summed E-state index contributed by atoms with van der Waals surface area (Å²) in [5, 5.41) is 2.10. The fourth-order valence-corrected chi connectivity index (χ4v) is 1.47. The lowest BCUT2D eigenvalue weighted by molar-refractivity contribution is -0.137. The Labute approximate surface area is 124 Å².